The number of nitrogens with one attached hydrogen (secondary N) is 1. The molecule has 2 unspecified atom stereocenters. The zero-order chi connectivity index (χ0) is 13.0. The molecule has 0 spiro atoms. The van der Waals surface area contributed by atoms with Crippen LogP contribution >= 0.6 is 15.9 Å². The minimum atomic E-state index is 0.362. The van der Waals surface area contributed by atoms with Gasteiger partial charge in [0, 0.05) is 35.9 Å². The molecule has 1 fully saturated rings. The van der Waals surface area contributed by atoms with Crippen molar-refractivity contribution in [3.63, 3.8) is 0 Å². The fourth-order valence-electron chi connectivity index (χ4n) is 2.44. The van der Waals surface area contributed by atoms with Gasteiger partial charge in [-0.25, -0.2) is 0 Å². The number of ether oxygens (including phenoxy) is 1. The number of rotatable bonds is 5. The summed E-state index contributed by atoms with van der Waals surface area (Å²) >= 11 is 3.48. The van der Waals surface area contributed by atoms with E-state index in [0.717, 1.165) is 36.3 Å². The molecule has 0 aliphatic carbocycles. The molecule has 2 rings (SSSR count). The van der Waals surface area contributed by atoms with Gasteiger partial charge in [-0.1, -0.05) is 22.0 Å². The third-order valence-corrected chi connectivity index (χ3v) is 4.01. The smallest absolute Gasteiger partial charge is 0.0702 e. The minimum absolute atomic E-state index is 0.362. The predicted molar refractivity (Wildman–Crippen MR) is 79.1 cm³/mol. The maximum absolute atomic E-state index is 5.60. The van der Waals surface area contributed by atoms with Crippen LogP contribution in [-0.4, -0.2) is 43.8 Å². The Morgan fingerprint density at radius 3 is 3.00 bits per heavy atom. The van der Waals surface area contributed by atoms with Crippen molar-refractivity contribution < 1.29 is 4.74 Å². The molecule has 1 saturated heterocycles. The maximum atomic E-state index is 5.60. The Labute approximate surface area is 118 Å². The highest BCUT2D eigenvalue weighted by molar-refractivity contribution is 9.10. The highest BCUT2D eigenvalue weighted by Gasteiger charge is 2.27. The fraction of sp³-hybridized carbons (Fsp3) is 0.571. The van der Waals surface area contributed by atoms with Crippen LogP contribution in [0.5, 0.6) is 0 Å². The van der Waals surface area contributed by atoms with Crippen LogP contribution < -0.4 is 5.32 Å². The van der Waals surface area contributed by atoms with Gasteiger partial charge in [-0.2, -0.15) is 0 Å². The second kappa shape index (κ2) is 6.55. The second-order valence-corrected chi connectivity index (χ2v) is 5.77. The Bertz CT molecular complexity index is 386. The molecule has 0 saturated carbocycles. The molecule has 1 aliphatic rings. The number of halogens is 1. The van der Waals surface area contributed by atoms with Gasteiger partial charge in [-0.05, 0) is 38.6 Å². The van der Waals surface area contributed by atoms with Crippen molar-refractivity contribution in [3.8, 4) is 0 Å². The van der Waals surface area contributed by atoms with Crippen LogP contribution in [0.15, 0.2) is 28.7 Å². The lowest BCUT2D eigenvalue weighted by Gasteiger charge is -2.26. The molecule has 1 aromatic carbocycles. The van der Waals surface area contributed by atoms with Crippen molar-refractivity contribution in [1.29, 1.82) is 0 Å². The van der Waals surface area contributed by atoms with E-state index in [0.29, 0.717) is 12.1 Å². The predicted octanol–water partition coefficient (Wildman–Crippen LogP) is 2.97. The van der Waals surface area contributed by atoms with Gasteiger partial charge in [0.05, 0.1) is 6.10 Å². The summed E-state index contributed by atoms with van der Waals surface area (Å²) in [6.07, 6.45) is 1.51. The lowest BCUT2D eigenvalue weighted by Crippen LogP contribution is -2.39. The van der Waals surface area contributed by atoms with Crippen LogP contribution in [-0.2, 0) is 4.74 Å². The Kier molecular flexibility index (Phi) is 5.03. The van der Waals surface area contributed by atoms with Gasteiger partial charge in [-0.15, -0.1) is 0 Å². The average molecular weight is 313 g/mol. The summed E-state index contributed by atoms with van der Waals surface area (Å²) in [5.41, 5.74) is 1.16. The number of likely N-dealkylation sites (N-methyl/N-ethyl adjacent to an activating group) is 1. The molecular formula is C14H21BrN2O. The molecular weight excluding hydrogens is 292 g/mol. The third-order valence-electron chi connectivity index (χ3n) is 3.52. The van der Waals surface area contributed by atoms with E-state index in [2.05, 4.69) is 52.3 Å². The van der Waals surface area contributed by atoms with E-state index < -0.39 is 0 Å². The lowest BCUT2D eigenvalue weighted by molar-refractivity contribution is 0.0850. The Morgan fingerprint density at radius 1 is 1.50 bits per heavy atom. The summed E-state index contributed by atoms with van der Waals surface area (Å²) in [5, 5.41) is 3.44. The van der Waals surface area contributed by atoms with E-state index >= 15 is 0 Å². The van der Waals surface area contributed by atoms with Crippen LogP contribution in [0.1, 0.15) is 13.3 Å². The third kappa shape index (κ3) is 3.70. The van der Waals surface area contributed by atoms with Crippen LogP contribution in [0, 0.1) is 0 Å². The zero-order valence-corrected chi connectivity index (χ0v) is 12.6. The minimum Gasteiger partial charge on any atom is -0.384 e. The second-order valence-electron chi connectivity index (χ2n) is 4.85. The average Bonchev–Trinajstić information content (AvgIpc) is 2.75. The fourth-order valence-corrected chi connectivity index (χ4v) is 2.84. The van der Waals surface area contributed by atoms with Gasteiger partial charge in [-0.3, -0.25) is 4.90 Å². The van der Waals surface area contributed by atoms with Crippen molar-refractivity contribution in [3.05, 3.63) is 28.7 Å². The van der Waals surface area contributed by atoms with Crippen molar-refractivity contribution in [2.45, 2.75) is 25.5 Å². The van der Waals surface area contributed by atoms with Crippen LogP contribution in [0.3, 0.4) is 0 Å². The van der Waals surface area contributed by atoms with Gasteiger partial charge in [0.2, 0.25) is 0 Å². The van der Waals surface area contributed by atoms with Crippen LogP contribution in [0.25, 0.3) is 0 Å². The number of nitrogens with zero attached hydrogens (tertiary/aromatic N) is 1. The van der Waals surface area contributed by atoms with Crippen molar-refractivity contribution in [2.24, 2.45) is 0 Å². The highest BCUT2D eigenvalue weighted by atomic mass is 79.9. The summed E-state index contributed by atoms with van der Waals surface area (Å²) in [4.78, 5) is 2.39. The lowest BCUT2D eigenvalue weighted by atomic mass is 10.1. The highest BCUT2D eigenvalue weighted by Crippen LogP contribution is 2.18. The van der Waals surface area contributed by atoms with E-state index in [9.17, 15) is 0 Å². The van der Waals surface area contributed by atoms with Crippen molar-refractivity contribution in [1.82, 2.24) is 4.90 Å². The van der Waals surface area contributed by atoms with E-state index in [4.69, 9.17) is 4.74 Å². The van der Waals surface area contributed by atoms with Gasteiger partial charge in [0.15, 0.2) is 0 Å². The van der Waals surface area contributed by atoms with Gasteiger partial charge in [0.25, 0.3) is 0 Å². The first-order valence-corrected chi connectivity index (χ1v) is 7.27. The van der Waals surface area contributed by atoms with Gasteiger partial charge >= 0.3 is 0 Å². The molecule has 100 valence electrons. The summed E-state index contributed by atoms with van der Waals surface area (Å²) in [6, 6.07) is 8.83. The molecule has 0 bridgehead atoms. The summed E-state index contributed by atoms with van der Waals surface area (Å²) < 4.78 is 6.71. The first-order chi connectivity index (χ1) is 8.66. The molecule has 1 aliphatic heterocycles. The molecule has 3 nitrogen and oxygen atoms in total. The standard InChI is InChI=1S/C14H21BrN2O/c1-11-14(6-9-18-11)17(2)8-7-16-13-5-3-4-12(15)10-13/h3-5,10-11,14,16H,6-9H2,1-2H3. The van der Waals surface area contributed by atoms with E-state index in [1.807, 2.05) is 12.1 Å². The quantitative estimate of drug-likeness (QED) is 0.904. The van der Waals surface area contributed by atoms with Crippen LogP contribution in [0.4, 0.5) is 5.69 Å². The molecule has 0 amide bonds. The van der Waals surface area contributed by atoms with E-state index in [1.54, 1.807) is 0 Å². The molecule has 1 aromatic rings. The van der Waals surface area contributed by atoms with Gasteiger partial charge in [0.1, 0.15) is 0 Å². The largest absolute Gasteiger partial charge is 0.384 e. The summed E-state index contributed by atoms with van der Waals surface area (Å²) in [6.45, 7) is 5.05. The molecule has 0 aromatic heterocycles. The molecule has 4 heteroatoms. The Balaban J connectivity index is 1.75. The van der Waals surface area contributed by atoms with Crippen LogP contribution in [0.2, 0.25) is 0 Å². The van der Waals surface area contributed by atoms with Crippen molar-refractivity contribution >= 4 is 21.6 Å². The number of anilines is 1. The SMILES string of the molecule is CC1OCCC1N(C)CCNc1cccc(Br)c1. The monoisotopic (exact) mass is 312 g/mol. The molecule has 2 atom stereocenters. The van der Waals surface area contributed by atoms with Crippen molar-refractivity contribution in [2.75, 3.05) is 32.1 Å². The van der Waals surface area contributed by atoms with E-state index in [-0.39, 0.29) is 0 Å². The number of hydrogen-bond donors (Lipinski definition) is 1. The topological polar surface area (TPSA) is 24.5 Å². The van der Waals surface area contributed by atoms with Gasteiger partial charge < -0.3 is 10.1 Å². The Morgan fingerprint density at radius 2 is 2.33 bits per heavy atom. The maximum Gasteiger partial charge on any atom is 0.0702 e. The first kappa shape index (κ1) is 13.8. The summed E-state index contributed by atoms with van der Waals surface area (Å²) in [7, 11) is 2.18. The summed E-state index contributed by atoms with van der Waals surface area (Å²) in [5.74, 6) is 0. The molecule has 1 heterocycles. The van der Waals surface area contributed by atoms with E-state index in [1.165, 1.54) is 0 Å². The number of hydrogen-bond acceptors (Lipinski definition) is 3. The normalized spacial score (nSPS) is 23.6. The molecule has 1 N–H and O–H groups in total. The zero-order valence-electron chi connectivity index (χ0n) is 11.0. The molecule has 18 heavy (non-hydrogen) atoms. The number of benzene rings is 1. The Hall–Kier alpha value is -0.580. The molecule has 0 radical (unpaired) electrons. The first-order valence-electron chi connectivity index (χ1n) is 6.48.